The van der Waals surface area contributed by atoms with Crippen molar-refractivity contribution in [2.75, 3.05) is 6.26 Å². The molecular formula is C24H23ClN2O9S. The van der Waals surface area contributed by atoms with E-state index in [0.717, 1.165) is 6.26 Å². The first kappa shape index (κ1) is 27.1. The molecule has 5 atom stereocenters. The SMILES string of the molecule is CS(=O)(=O)c1ccc(-c2cc(Cl)cnc2-c2ccc(COC3O[C@@H](C(=O)O)[C@H](O)[C@@H](O)[C@@H]3O)nc2)cc1. The van der Waals surface area contributed by atoms with Gasteiger partial charge in [0.05, 0.1) is 27.9 Å². The smallest absolute Gasteiger partial charge is 0.335 e. The molecule has 1 aliphatic rings. The lowest BCUT2D eigenvalue weighted by Gasteiger charge is -2.38. The van der Waals surface area contributed by atoms with Gasteiger partial charge in [0.1, 0.15) is 18.3 Å². The van der Waals surface area contributed by atoms with Gasteiger partial charge in [-0.15, -0.1) is 0 Å². The van der Waals surface area contributed by atoms with Gasteiger partial charge in [-0.1, -0.05) is 23.7 Å². The average molecular weight is 551 g/mol. The van der Waals surface area contributed by atoms with Crippen molar-refractivity contribution in [3.05, 3.63) is 65.6 Å². The molecular weight excluding hydrogens is 528 g/mol. The molecule has 4 rings (SSSR count). The Morgan fingerprint density at radius 3 is 2.27 bits per heavy atom. The molecule has 4 N–H and O–H groups in total. The summed E-state index contributed by atoms with van der Waals surface area (Å²) in [6.45, 7) is -0.189. The lowest BCUT2D eigenvalue weighted by Crippen LogP contribution is -2.60. The van der Waals surface area contributed by atoms with Crippen LogP contribution in [-0.2, 0) is 30.7 Å². The second kappa shape index (κ2) is 10.8. The number of ether oxygens (including phenoxy) is 2. The Kier molecular flexibility index (Phi) is 7.90. The summed E-state index contributed by atoms with van der Waals surface area (Å²) < 4.78 is 34.1. The minimum Gasteiger partial charge on any atom is -0.479 e. The summed E-state index contributed by atoms with van der Waals surface area (Å²) >= 11 is 6.17. The molecule has 3 aromatic rings. The summed E-state index contributed by atoms with van der Waals surface area (Å²) in [7, 11) is -3.35. The Bertz CT molecular complexity index is 1380. The molecule has 0 bridgehead atoms. The normalized spacial score (nSPS) is 24.1. The van der Waals surface area contributed by atoms with Crippen LogP contribution in [0.2, 0.25) is 5.02 Å². The van der Waals surface area contributed by atoms with Crippen molar-refractivity contribution < 1.29 is 43.1 Å². The van der Waals surface area contributed by atoms with Gasteiger partial charge in [-0.3, -0.25) is 9.97 Å². The van der Waals surface area contributed by atoms with Crippen LogP contribution < -0.4 is 0 Å². The summed E-state index contributed by atoms with van der Waals surface area (Å²) in [6, 6.07) is 11.4. The van der Waals surface area contributed by atoms with Crippen LogP contribution in [0.3, 0.4) is 0 Å². The van der Waals surface area contributed by atoms with Crippen molar-refractivity contribution >= 4 is 27.4 Å². The fourth-order valence-electron chi connectivity index (χ4n) is 3.78. The molecule has 0 radical (unpaired) electrons. The Morgan fingerprint density at radius 1 is 1.00 bits per heavy atom. The number of aliphatic hydroxyl groups is 3. The fourth-order valence-corrected chi connectivity index (χ4v) is 4.57. The van der Waals surface area contributed by atoms with Gasteiger partial charge in [0, 0.05) is 29.8 Å². The predicted molar refractivity (Wildman–Crippen MR) is 130 cm³/mol. The summed E-state index contributed by atoms with van der Waals surface area (Å²) in [5.41, 5.74) is 2.93. The van der Waals surface area contributed by atoms with Gasteiger partial charge in [0.15, 0.2) is 22.2 Å². The van der Waals surface area contributed by atoms with Crippen molar-refractivity contribution in [3.63, 3.8) is 0 Å². The summed E-state index contributed by atoms with van der Waals surface area (Å²) in [5.74, 6) is -1.51. The quantitative estimate of drug-likeness (QED) is 0.333. The number of aromatic nitrogens is 2. The number of sulfone groups is 1. The standard InChI is InChI=1S/C24H23ClN2O9S/c1-37(33,34)16-6-3-12(4-7-16)17-8-14(25)10-27-18(17)13-2-5-15(26-9-13)11-35-24-21(30)19(28)20(29)22(36-24)23(31)32/h2-10,19-22,24,28-30H,11H2,1H3,(H,31,32)/t19-,20-,21+,22-,24?/m1/s1. The zero-order chi connectivity index (χ0) is 26.9. The number of aliphatic hydroxyl groups excluding tert-OH is 3. The predicted octanol–water partition coefficient (Wildman–Crippen LogP) is 1.28. The highest BCUT2D eigenvalue weighted by atomic mass is 35.5. The van der Waals surface area contributed by atoms with Crippen LogP contribution in [-0.4, -0.2) is 81.7 Å². The van der Waals surface area contributed by atoms with Crippen LogP contribution in [0.5, 0.6) is 0 Å². The molecule has 196 valence electrons. The van der Waals surface area contributed by atoms with Crippen LogP contribution in [0.25, 0.3) is 22.4 Å². The van der Waals surface area contributed by atoms with E-state index in [2.05, 4.69) is 9.97 Å². The highest BCUT2D eigenvalue weighted by molar-refractivity contribution is 7.90. The van der Waals surface area contributed by atoms with Crippen molar-refractivity contribution in [1.29, 1.82) is 0 Å². The second-order valence-corrected chi connectivity index (χ2v) is 10.9. The van der Waals surface area contributed by atoms with Crippen molar-refractivity contribution in [2.24, 2.45) is 0 Å². The molecule has 11 nitrogen and oxygen atoms in total. The molecule has 1 aliphatic heterocycles. The molecule has 0 saturated carbocycles. The number of hydrogen-bond donors (Lipinski definition) is 4. The fraction of sp³-hybridized carbons (Fsp3) is 0.292. The maximum atomic E-state index is 11.8. The Balaban J connectivity index is 1.52. The van der Waals surface area contributed by atoms with Crippen LogP contribution in [0, 0.1) is 0 Å². The minimum absolute atomic E-state index is 0.183. The molecule has 37 heavy (non-hydrogen) atoms. The van der Waals surface area contributed by atoms with E-state index in [1.807, 2.05) is 0 Å². The number of carboxylic acid groups (broad SMARTS) is 1. The van der Waals surface area contributed by atoms with Crippen LogP contribution in [0.4, 0.5) is 0 Å². The lowest BCUT2D eigenvalue weighted by molar-refractivity contribution is -0.297. The van der Waals surface area contributed by atoms with Gasteiger partial charge < -0.3 is 29.9 Å². The Hall–Kier alpha value is -2.97. The van der Waals surface area contributed by atoms with Crippen molar-refractivity contribution in [2.45, 2.75) is 42.2 Å². The number of carboxylic acids is 1. The van der Waals surface area contributed by atoms with Gasteiger partial charge in [-0.25, -0.2) is 13.2 Å². The third kappa shape index (κ3) is 5.96. The first-order valence-corrected chi connectivity index (χ1v) is 13.2. The lowest BCUT2D eigenvalue weighted by atomic mass is 9.99. The largest absolute Gasteiger partial charge is 0.479 e. The molecule has 13 heteroatoms. The first-order valence-electron chi connectivity index (χ1n) is 10.9. The number of rotatable bonds is 7. The van der Waals surface area contributed by atoms with Gasteiger partial charge in [-0.2, -0.15) is 0 Å². The van der Waals surface area contributed by atoms with E-state index in [-0.39, 0.29) is 11.5 Å². The van der Waals surface area contributed by atoms with Gasteiger partial charge in [-0.05, 0) is 35.9 Å². The number of benzene rings is 1. The van der Waals surface area contributed by atoms with E-state index in [4.69, 9.17) is 26.2 Å². The number of halogens is 1. The maximum Gasteiger partial charge on any atom is 0.335 e. The molecule has 0 amide bonds. The Labute approximate surface area is 216 Å². The molecule has 1 fully saturated rings. The monoisotopic (exact) mass is 550 g/mol. The van der Waals surface area contributed by atoms with Crippen LogP contribution in [0.15, 0.2) is 59.8 Å². The van der Waals surface area contributed by atoms with E-state index < -0.39 is 46.5 Å². The van der Waals surface area contributed by atoms with Gasteiger partial charge in [0.2, 0.25) is 0 Å². The molecule has 2 aromatic heterocycles. The van der Waals surface area contributed by atoms with Gasteiger partial charge >= 0.3 is 5.97 Å². The van der Waals surface area contributed by atoms with Crippen LogP contribution in [0.1, 0.15) is 5.69 Å². The number of hydrogen-bond acceptors (Lipinski definition) is 10. The molecule has 1 unspecified atom stereocenters. The maximum absolute atomic E-state index is 11.8. The van der Waals surface area contributed by atoms with Crippen molar-refractivity contribution in [1.82, 2.24) is 9.97 Å². The molecule has 1 aromatic carbocycles. The highest BCUT2D eigenvalue weighted by Crippen LogP contribution is 2.33. The molecule has 1 saturated heterocycles. The zero-order valence-electron chi connectivity index (χ0n) is 19.3. The molecule has 3 heterocycles. The summed E-state index contributed by atoms with van der Waals surface area (Å²) in [6.07, 6.45) is -4.38. The highest BCUT2D eigenvalue weighted by Gasteiger charge is 2.47. The minimum atomic E-state index is -3.35. The number of pyridine rings is 2. The summed E-state index contributed by atoms with van der Waals surface area (Å²) in [4.78, 5) is 20.1. The number of nitrogens with zero attached hydrogens (tertiary/aromatic N) is 2. The van der Waals surface area contributed by atoms with E-state index in [0.29, 0.717) is 33.1 Å². The molecule has 0 spiro atoms. The third-order valence-corrected chi connectivity index (χ3v) is 7.09. The topological polar surface area (TPSA) is 176 Å². The zero-order valence-corrected chi connectivity index (χ0v) is 20.9. The first-order chi connectivity index (χ1) is 17.5. The summed E-state index contributed by atoms with van der Waals surface area (Å²) in [5, 5.41) is 39.3. The van der Waals surface area contributed by atoms with Crippen LogP contribution >= 0.6 is 11.6 Å². The Morgan fingerprint density at radius 2 is 1.68 bits per heavy atom. The average Bonchev–Trinajstić information content (AvgIpc) is 2.86. The second-order valence-electron chi connectivity index (χ2n) is 8.43. The molecule has 0 aliphatic carbocycles. The van der Waals surface area contributed by atoms with Gasteiger partial charge in [0.25, 0.3) is 0 Å². The van der Waals surface area contributed by atoms with E-state index in [1.54, 1.807) is 30.3 Å². The van der Waals surface area contributed by atoms with Crippen molar-refractivity contribution in [3.8, 4) is 22.4 Å². The van der Waals surface area contributed by atoms with E-state index in [1.165, 1.54) is 24.5 Å². The number of aliphatic carboxylic acids is 1. The van der Waals surface area contributed by atoms with E-state index >= 15 is 0 Å². The number of carbonyl (C=O) groups is 1. The third-order valence-electron chi connectivity index (χ3n) is 5.75. The van der Waals surface area contributed by atoms with E-state index in [9.17, 15) is 28.5 Å².